The highest BCUT2D eigenvalue weighted by atomic mass is 127. The Morgan fingerprint density at radius 3 is 2.64 bits per heavy atom. The molecule has 1 saturated carbocycles. The lowest BCUT2D eigenvalue weighted by atomic mass is 9.81. The zero-order valence-electron chi connectivity index (χ0n) is 13.7. The fraction of sp³-hybridized carbons (Fsp3) is 0.933. The molecule has 0 spiro atoms. The van der Waals surface area contributed by atoms with Crippen LogP contribution in [0.25, 0.3) is 0 Å². The van der Waals surface area contributed by atoms with Crippen LogP contribution < -0.4 is 10.6 Å². The molecule has 1 aliphatic carbocycles. The quantitative estimate of drug-likeness (QED) is 0.397. The van der Waals surface area contributed by atoms with Gasteiger partial charge in [0, 0.05) is 19.6 Å². The topological polar surface area (TPSA) is 70.6 Å². The molecule has 2 fully saturated rings. The normalized spacial score (nSPS) is 31.4. The second-order valence-electron chi connectivity index (χ2n) is 6.67. The Kier molecular flexibility index (Phi) is 8.45. The molecule has 0 aromatic carbocycles. The van der Waals surface area contributed by atoms with Crippen LogP contribution in [-0.4, -0.2) is 45.5 Å². The minimum Gasteiger partial charge on any atom is -0.356 e. The highest BCUT2D eigenvalue weighted by Crippen LogP contribution is 2.30. The van der Waals surface area contributed by atoms with E-state index < -0.39 is 9.84 Å². The van der Waals surface area contributed by atoms with Gasteiger partial charge < -0.3 is 10.6 Å². The molecule has 1 saturated heterocycles. The summed E-state index contributed by atoms with van der Waals surface area (Å²) in [5.74, 6) is 2.95. The van der Waals surface area contributed by atoms with E-state index in [4.69, 9.17) is 0 Å². The SMILES string of the molecule is CN=C(NCCC1CCCC(C)C1)NC1CCS(=O)(=O)C1.I. The van der Waals surface area contributed by atoms with E-state index in [0.29, 0.717) is 12.2 Å². The molecule has 3 atom stereocenters. The van der Waals surface area contributed by atoms with E-state index in [2.05, 4.69) is 22.5 Å². The van der Waals surface area contributed by atoms with Crippen molar-refractivity contribution in [1.29, 1.82) is 0 Å². The second kappa shape index (κ2) is 9.30. The number of nitrogens with one attached hydrogen (secondary N) is 2. The van der Waals surface area contributed by atoms with Crippen LogP contribution in [-0.2, 0) is 9.84 Å². The number of halogens is 1. The molecule has 0 radical (unpaired) electrons. The van der Waals surface area contributed by atoms with Crippen LogP contribution >= 0.6 is 24.0 Å². The maximum Gasteiger partial charge on any atom is 0.191 e. The summed E-state index contributed by atoms with van der Waals surface area (Å²) < 4.78 is 22.9. The molecule has 1 aliphatic heterocycles. The van der Waals surface area contributed by atoms with Gasteiger partial charge in [-0.3, -0.25) is 4.99 Å². The minimum absolute atomic E-state index is 0. The number of rotatable bonds is 4. The lowest BCUT2D eigenvalue weighted by Gasteiger charge is -2.27. The number of guanidine groups is 1. The second-order valence-corrected chi connectivity index (χ2v) is 8.90. The summed E-state index contributed by atoms with van der Waals surface area (Å²) in [4.78, 5) is 4.20. The fourth-order valence-electron chi connectivity index (χ4n) is 3.51. The molecule has 130 valence electrons. The molecule has 1 heterocycles. The molecule has 0 aromatic heterocycles. The van der Waals surface area contributed by atoms with E-state index in [9.17, 15) is 8.42 Å². The van der Waals surface area contributed by atoms with Crippen molar-refractivity contribution in [1.82, 2.24) is 10.6 Å². The van der Waals surface area contributed by atoms with E-state index in [-0.39, 0.29) is 35.8 Å². The van der Waals surface area contributed by atoms with Crippen LogP contribution in [0.3, 0.4) is 0 Å². The van der Waals surface area contributed by atoms with Crippen LogP contribution in [0.2, 0.25) is 0 Å². The number of hydrogen-bond acceptors (Lipinski definition) is 3. The molecule has 0 aromatic rings. The summed E-state index contributed by atoms with van der Waals surface area (Å²) in [6.45, 7) is 3.26. The fourth-order valence-corrected chi connectivity index (χ4v) is 5.19. The van der Waals surface area contributed by atoms with Gasteiger partial charge in [-0.15, -0.1) is 24.0 Å². The van der Waals surface area contributed by atoms with Crippen molar-refractivity contribution >= 4 is 39.8 Å². The number of hydrogen-bond donors (Lipinski definition) is 2. The van der Waals surface area contributed by atoms with Crippen LogP contribution in [0.1, 0.15) is 45.4 Å². The van der Waals surface area contributed by atoms with Gasteiger partial charge in [-0.05, 0) is 31.1 Å². The molecule has 0 bridgehead atoms. The third kappa shape index (κ3) is 6.60. The first kappa shape index (κ1) is 20.0. The molecular formula is C15H30IN3O2S. The third-order valence-corrected chi connectivity index (χ3v) is 6.45. The summed E-state index contributed by atoms with van der Waals surface area (Å²) in [7, 11) is -1.10. The highest BCUT2D eigenvalue weighted by Gasteiger charge is 2.28. The predicted octanol–water partition coefficient (Wildman–Crippen LogP) is 2.17. The van der Waals surface area contributed by atoms with E-state index in [1.807, 2.05) is 0 Å². The summed E-state index contributed by atoms with van der Waals surface area (Å²) >= 11 is 0. The molecule has 5 nitrogen and oxygen atoms in total. The number of sulfone groups is 1. The average Bonchev–Trinajstić information content (AvgIpc) is 2.77. The van der Waals surface area contributed by atoms with Crippen molar-refractivity contribution in [2.45, 2.75) is 51.5 Å². The number of aliphatic imine (C=N–C) groups is 1. The smallest absolute Gasteiger partial charge is 0.191 e. The van der Waals surface area contributed by atoms with Crippen LogP contribution in [0.4, 0.5) is 0 Å². The lowest BCUT2D eigenvalue weighted by molar-refractivity contribution is 0.270. The Labute approximate surface area is 152 Å². The highest BCUT2D eigenvalue weighted by molar-refractivity contribution is 14.0. The molecular weight excluding hydrogens is 413 g/mol. The van der Waals surface area contributed by atoms with E-state index in [1.165, 1.54) is 32.1 Å². The first-order valence-corrected chi connectivity index (χ1v) is 9.98. The first-order chi connectivity index (χ1) is 9.98. The first-order valence-electron chi connectivity index (χ1n) is 8.16. The van der Waals surface area contributed by atoms with Crippen molar-refractivity contribution in [3.63, 3.8) is 0 Å². The van der Waals surface area contributed by atoms with Crippen LogP contribution in [0.15, 0.2) is 4.99 Å². The lowest BCUT2D eigenvalue weighted by Crippen LogP contribution is -2.44. The molecule has 2 rings (SSSR count). The molecule has 0 amide bonds. The largest absolute Gasteiger partial charge is 0.356 e. The monoisotopic (exact) mass is 443 g/mol. The van der Waals surface area contributed by atoms with Gasteiger partial charge in [-0.25, -0.2) is 8.42 Å². The van der Waals surface area contributed by atoms with Gasteiger partial charge in [-0.1, -0.05) is 26.2 Å². The third-order valence-electron chi connectivity index (χ3n) is 4.69. The molecule has 3 unspecified atom stereocenters. The molecule has 22 heavy (non-hydrogen) atoms. The summed E-state index contributed by atoms with van der Waals surface area (Å²) in [5.41, 5.74) is 0. The van der Waals surface area contributed by atoms with Gasteiger partial charge in [0.2, 0.25) is 0 Å². The van der Waals surface area contributed by atoms with Crippen LogP contribution in [0, 0.1) is 11.8 Å². The Bertz CT molecular complexity index is 467. The maximum absolute atomic E-state index is 11.5. The van der Waals surface area contributed by atoms with Crippen LogP contribution in [0.5, 0.6) is 0 Å². The zero-order valence-corrected chi connectivity index (χ0v) is 16.8. The Morgan fingerprint density at radius 2 is 2.05 bits per heavy atom. The van der Waals surface area contributed by atoms with Crippen molar-refractivity contribution in [3.05, 3.63) is 0 Å². The maximum atomic E-state index is 11.5. The Balaban J connectivity index is 0.00000242. The van der Waals surface area contributed by atoms with Crippen molar-refractivity contribution in [3.8, 4) is 0 Å². The average molecular weight is 443 g/mol. The van der Waals surface area contributed by atoms with E-state index >= 15 is 0 Å². The van der Waals surface area contributed by atoms with Gasteiger partial charge in [0.25, 0.3) is 0 Å². The molecule has 7 heteroatoms. The van der Waals surface area contributed by atoms with Crippen molar-refractivity contribution in [2.24, 2.45) is 16.8 Å². The van der Waals surface area contributed by atoms with Crippen molar-refractivity contribution in [2.75, 3.05) is 25.1 Å². The van der Waals surface area contributed by atoms with Gasteiger partial charge in [0.1, 0.15) is 0 Å². The summed E-state index contributed by atoms with van der Waals surface area (Å²) in [6.07, 6.45) is 7.28. The van der Waals surface area contributed by atoms with E-state index in [1.54, 1.807) is 7.05 Å². The van der Waals surface area contributed by atoms with Gasteiger partial charge in [0.15, 0.2) is 15.8 Å². The summed E-state index contributed by atoms with van der Waals surface area (Å²) in [5, 5.41) is 6.56. The number of nitrogens with zero attached hydrogens (tertiary/aromatic N) is 1. The molecule has 2 N–H and O–H groups in total. The van der Waals surface area contributed by atoms with E-state index in [0.717, 1.165) is 24.3 Å². The minimum atomic E-state index is -2.84. The zero-order chi connectivity index (χ0) is 15.3. The standard InChI is InChI=1S/C15H29N3O2S.HI/c1-12-4-3-5-13(10-12)6-8-17-15(16-2)18-14-7-9-21(19,20)11-14;/h12-14H,3-11H2,1-2H3,(H2,16,17,18);1H. The van der Waals surface area contributed by atoms with Gasteiger partial charge in [0.05, 0.1) is 11.5 Å². The predicted molar refractivity (Wildman–Crippen MR) is 103 cm³/mol. The van der Waals surface area contributed by atoms with Gasteiger partial charge >= 0.3 is 0 Å². The summed E-state index contributed by atoms with van der Waals surface area (Å²) in [6, 6.07) is 0.0101. The Morgan fingerprint density at radius 1 is 1.27 bits per heavy atom. The Hall–Kier alpha value is -0.0500. The van der Waals surface area contributed by atoms with Crippen molar-refractivity contribution < 1.29 is 8.42 Å². The molecule has 2 aliphatic rings. The van der Waals surface area contributed by atoms with Gasteiger partial charge in [-0.2, -0.15) is 0 Å².